The summed E-state index contributed by atoms with van der Waals surface area (Å²) in [6.07, 6.45) is 3.64. The van der Waals surface area contributed by atoms with E-state index in [4.69, 9.17) is 9.73 Å². The van der Waals surface area contributed by atoms with Crippen molar-refractivity contribution in [3.8, 4) is 0 Å². The minimum absolute atomic E-state index is 0. The smallest absolute Gasteiger partial charge is 0.194 e. The van der Waals surface area contributed by atoms with Crippen LogP contribution in [0.15, 0.2) is 22.5 Å². The maximum Gasteiger partial charge on any atom is 0.194 e. The van der Waals surface area contributed by atoms with E-state index in [0.29, 0.717) is 6.54 Å². The molecule has 28 heavy (non-hydrogen) atoms. The zero-order valence-electron chi connectivity index (χ0n) is 16.9. The van der Waals surface area contributed by atoms with Crippen molar-refractivity contribution < 1.29 is 4.74 Å². The van der Waals surface area contributed by atoms with Gasteiger partial charge in [0.25, 0.3) is 0 Å². The van der Waals surface area contributed by atoms with E-state index in [1.54, 1.807) is 11.3 Å². The molecule has 1 aliphatic rings. The van der Waals surface area contributed by atoms with Gasteiger partial charge < -0.3 is 19.5 Å². The lowest BCUT2D eigenvalue weighted by Crippen LogP contribution is -2.41. The fraction of sp³-hybridized carbons (Fsp3) is 0.632. The van der Waals surface area contributed by atoms with Crippen LogP contribution in [0.4, 0.5) is 0 Å². The van der Waals surface area contributed by atoms with Gasteiger partial charge in [0.05, 0.1) is 6.61 Å². The molecule has 3 rings (SSSR count). The number of hydrogen-bond acceptors (Lipinski definition) is 5. The van der Waals surface area contributed by atoms with Crippen LogP contribution in [0.2, 0.25) is 0 Å². The van der Waals surface area contributed by atoms with Crippen molar-refractivity contribution in [2.75, 3.05) is 33.4 Å². The van der Waals surface area contributed by atoms with Crippen molar-refractivity contribution in [2.24, 2.45) is 18.0 Å². The molecule has 9 heteroatoms. The van der Waals surface area contributed by atoms with Crippen LogP contribution in [0.25, 0.3) is 0 Å². The molecule has 0 radical (unpaired) electrons. The van der Waals surface area contributed by atoms with Crippen molar-refractivity contribution >= 4 is 41.3 Å². The van der Waals surface area contributed by atoms with E-state index in [1.807, 2.05) is 18.5 Å². The first-order valence-corrected chi connectivity index (χ1v) is 10.5. The molecule has 0 atom stereocenters. The molecule has 7 nitrogen and oxygen atoms in total. The lowest BCUT2D eigenvalue weighted by atomic mass is 10.3. The van der Waals surface area contributed by atoms with Gasteiger partial charge in [-0.25, -0.2) is 4.99 Å². The first-order valence-electron chi connectivity index (χ1n) is 9.58. The van der Waals surface area contributed by atoms with Crippen molar-refractivity contribution in [3.05, 3.63) is 34.0 Å². The number of aliphatic imine (C=N–C) groups is 1. The Labute approximate surface area is 188 Å². The monoisotopic (exact) mass is 518 g/mol. The first-order chi connectivity index (χ1) is 13.1. The maximum atomic E-state index is 5.78. The zero-order chi connectivity index (χ0) is 19.1. The number of aryl methyl sites for hydroxylation is 1. The Bertz CT molecular complexity index is 729. The van der Waals surface area contributed by atoms with Gasteiger partial charge in [-0.05, 0) is 43.6 Å². The van der Waals surface area contributed by atoms with Gasteiger partial charge in [0, 0.05) is 38.7 Å². The largest absolute Gasteiger partial charge is 0.379 e. The number of hydrogen-bond donors (Lipinski definition) is 1. The predicted octanol–water partition coefficient (Wildman–Crippen LogP) is 2.85. The van der Waals surface area contributed by atoms with Crippen LogP contribution in [0, 0.1) is 12.8 Å². The summed E-state index contributed by atoms with van der Waals surface area (Å²) in [6.45, 7) is 5.74. The number of thiophene rings is 1. The highest BCUT2D eigenvalue weighted by Crippen LogP contribution is 2.28. The highest BCUT2D eigenvalue weighted by molar-refractivity contribution is 14.0. The molecular formula is C19H31IN6OS. The molecule has 0 saturated heterocycles. The Morgan fingerprint density at radius 1 is 1.43 bits per heavy atom. The summed E-state index contributed by atoms with van der Waals surface area (Å²) in [7, 11) is 4.03. The third-order valence-electron chi connectivity index (χ3n) is 4.77. The molecule has 0 unspecified atom stereocenters. The van der Waals surface area contributed by atoms with Crippen LogP contribution >= 0.6 is 35.3 Å². The Hall–Kier alpha value is -1.20. The van der Waals surface area contributed by atoms with Gasteiger partial charge in [0.2, 0.25) is 0 Å². The van der Waals surface area contributed by atoms with Crippen molar-refractivity contribution in [1.29, 1.82) is 0 Å². The molecule has 0 aliphatic heterocycles. The van der Waals surface area contributed by atoms with Crippen LogP contribution in [0.1, 0.15) is 29.4 Å². The quantitative estimate of drug-likeness (QED) is 0.227. The number of likely N-dealkylation sites (N-methyl/N-ethyl adjacent to an activating group) is 1. The van der Waals surface area contributed by atoms with Crippen molar-refractivity contribution in [2.45, 2.75) is 32.7 Å². The zero-order valence-corrected chi connectivity index (χ0v) is 20.1. The molecule has 0 bridgehead atoms. The van der Waals surface area contributed by atoms with E-state index in [1.165, 1.54) is 17.7 Å². The molecule has 1 aliphatic carbocycles. The van der Waals surface area contributed by atoms with Crippen LogP contribution in [0.3, 0.4) is 0 Å². The molecule has 0 amide bonds. The Morgan fingerprint density at radius 2 is 2.25 bits per heavy atom. The van der Waals surface area contributed by atoms with Gasteiger partial charge in [0.15, 0.2) is 11.8 Å². The second-order valence-corrected chi connectivity index (χ2v) is 8.09. The molecule has 0 spiro atoms. The van der Waals surface area contributed by atoms with Crippen LogP contribution in [-0.2, 0) is 24.8 Å². The number of nitrogens with zero attached hydrogens (tertiary/aromatic N) is 5. The molecule has 1 N–H and O–H groups in total. The summed E-state index contributed by atoms with van der Waals surface area (Å²) in [4.78, 5) is 8.27. The standard InChI is InChI=1S/C19H30N6OS.HI/c1-15-22-23-18(25(15)3)13-21-19(20-9-8-17-5-4-12-27-17)24(2)10-11-26-14-16-6-7-16;/h4-5,12,16H,6-11,13-14H2,1-3H3,(H,20,21);1H. The minimum atomic E-state index is 0. The average Bonchev–Trinajstić information content (AvgIpc) is 3.24. The summed E-state index contributed by atoms with van der Waals surface area (Å²) in [5.41, 5.74) is 0. The summed E-state index contributed by atoms with van der Waals surface area (Å²) < 4.78 is 7.76. The summed E-state index contributed by atoms with van der Waals surface area (Å²) in [6, 6.07) is 4.26. The molecule has 2 heterocycles. The Morgan fingerprint density at radius 3 is 2.89 bits per heavy atom. The number of halogens is 1. The van der Waals surface area contributed by atoms with Crippen LogP contribution in [-0.4, -0.2) is 59.0 Å². The first kappa shape index (κ1) is 23.1. The number of aromatic nitrogens is 3. The third kappa shape index (κ3) is 7.32. The lowest BCUT2D eigenvalue weighted by Gasteiger charge is -2.22. The van der Waals surface area contributed by atoms with E-state index in [9.17, 15) is 0 Å². The molecule has 0 aromatic carbocycles. The molecule has 156 valence electrons. The number of ether oxygens (including phenoxy) is 1. The molecule has 1 fully saturated rings. The molecular weight excluding hydrogens is 487 g/mol. The van der Waals surface area contributed by atoms with E-state index in [2.05, 4.69) is 45.0 Å². The van der Waals surface area contributed by atoms with Gasteiger partial charge >= 0.3 is 0 Å². The molecule has 2 aromatic heterocycles. The average molecular weight is 518 g/mol. The maximum absolute atomic E-state index is 5.78. The second kappa shape index (κ2) is 11.7. The summed E-state index contributed by atoms with van der Waals surface area (Å²) in [5, 5.41) is 13.9. The van der Waals surface area contributed by atoms with Crippen molar-refractivity contribution in [3.63, 3.8) is 0 Å². The highest BCUT2D eigenvalue weighted by atomic mass is 127. The van der Waals surface area contributed by atoms with E-state index in [0.717, 1.165) is 56.3 Å². The van der Waals surface area contributed by atoms with Crippen molar-refractivity contribution in [1.82, 2.24) is 25.0 Å². The van der Waals surface area contributed by atoms with Crippen LogP contribution in [0.5, 0.6) is 0 Å². The normalized spacial score (nSPS) is 14.0. The number of guanidine groups is 1. The van der Waals surface area contributed by atoms with Gasteiger partial charge in [0.1, 0.15) is 12.4 Å². The number of nitrogens with one attached hydrogen (secondary N) is 1. The summed E-state index contributed by atoms with van der Waals surface area (Å²) >= 11 is 1.79. The molecule has 1 saturated carbocycles. The third-order valence-corrected chi connectivity index (χ3v) is 5.71. The highest BCUT2D eigenvalue weighted by Gasteiger charge is 2.21. The lowest BCUT2D eigenvalue weighted by molar-refractivity contribution is 0.115. The fourth-order valence-electron chi connectivity index (χ4n) is 2.64. The second-order valence-electron chi connectivity index (χ2n) is 7.06. The predicted molar refractivity (Wildman–Crippen MR) is 124 cm³/mol. The van der Waals surface area contributed by atoms with E-state index >= 15 is 0 Å². The Kier molecular flexibility index (Phi) is 9.66. The van der Waals surface area contributed by atoms with E-state index < -0.39 is 0 Å². The van der Waals surface area contributed by atoms with Gasteiger partial charge in [-0.2, -0.15) is 0 Å². The molecule has 2 aromatic rings. The van der Waals surface area contributed by atoms with Crippen LogP contribution < -0.4 is 5.32 Å². The van der Waals surface area contributed by atoms with Gasteiger partial charge in [-0.15, -0.1) is 45.5 Å². The van der Waals surface area contributed by atoms with Gasteiger partial charge in [-0.3, -0.25) is 0 Å². The summed E-state index contributed by atoms with van der Waals surface area (Å²) in [5.74, 6) is 3.44. The van der Waals surface area contributed by atoms with E-state index in [-0.39, 0.29) is 24.0 Å². The topological polar surface area (TPSA) is 67.6 Å². The minimum Gasteiger partial charge on any atom is -0.379 e. The SMILES string of the molecule is Cc1nnc(CN=C(NCCc2cccs2)N(C)CCOCC2CC2)n1C.I. The Balaban J connectivity index is 0.00000280. The fourth-order valence-corrected chi connectivity index (χ4v) is 3.35. The van der Waals surface area contributed by atoms with Gasteiger partial charge in [-0.1, -0.05) is 6.07 Å². The number of rotatable bonds is 10.